The number of carbonyl (C=O) groups excluding carboxylic acids is 3. The molecule has 3 amide bonds. The van der Waals surface area contributed by atoms with Gasteiger partial charge < -0.3 is 5.32 Å². The van der Waals surface area contributed by atoms with E-state index in [-0.39, 0.29) is 29.6 Å². The van der Waals surface area contributed by atoms with Gasteiger partial charge in [0.25, 0.3) is 5.91 Å². The van der Waals surface area contributed by atoms with Crippen molar-refractivity contribution in [2.45, 2.75) is 11.8 Å². The smallest absolute Gasteiger partial charge is 0.251 e. The first-order valence-corrected chi connectivity index (χ1v) is 11.2. The summed E-state index contributed by atoms with van der Waals surface area (Å²) in [6, 6.07) is 23.1. The first-order chi connectivity index (χ1) is 16.1. The zero-order valence-corrected chi connectivity index (χ0v) is 17.9. The molecule has 5 heteroatoms. The summed E-state index contributed by atoms with van der Waals surface area (Å²) < 4.78 is 0. The lowest BCUT2D eigenvalue weighted by atomic mass is 9.55. The number of carbonyl (C=O) groups is 3. The minimum absolute atomic E-state index is 0.127. The van der Waals surface area contributed by atoms with E-state index in [1.807, 2.05) is 24.3 Å². The Morgan fingerprint density at radius 1 is 0.788 bits per heavy atom. The Kier molecular flexibility index (Phi) is 4.34. The van der Waals surface area contributed by atoms with Crippen molar-refractivity contribution in [1.82, 2.24) is 5.32 Å². The minimum atomic E-state index is -0.414. The van der Waals surface area contributed by atoms with Crippen LogP contribution < -0.4 is 10.2 Å². The number of nitrogens with one attached hydrogen (secondary N) is 1. The van der Waals surface area contributed by atoms with Crippen molar-refractivity contribution in [1.29, 1.82) is 0 Å². The SMILES string of the molecule is C=CCNC(=O)c1ccc(N2C(=O)[C@@H]3C4c5ccccc5C(c5ccccc54)[C@@H]3C2=O)cc1. The summed E-state index contributed by atoms with van der Waals surface area (Å²) in [5.74, 6) is -1.62. The largest absolute Gasteiger partial charge is 0.349 e. The monoisotopic (exact) mass is 434 g/mol. The Hall–Kier alpha value is -3.99. The van der Waals surface area contributed by atoms with E-state index in [9.17, 15) is 14.4 Å². The van der Waals surface area contributed by atoms with Crippen LogP contribution in [0, 0.1) is 11.8 Å². The molecule has 33 heavy (non-hydrogen) atoms. The van der Waals surface area contributed by atoms with Crippen LogP contribution in [0.25, 0.3) is 0 Å². The second kappa shape index (κ2) is 7.27. The van der Waals surface area contributed by atoms with Crippen LogP contribution >= 0.6 is 0 Å². The predicted octanol–water partition coefficient (Wildman–Crippen LogP) is 4.00. The third kappa shape index (κ3) is 2.68. The van der Waals surface area contributed by atoms with Crippen molar-refractivity contribution in [2.24, 2.45) is 11.8 Å². The quantitative estimate of drug-likeness (QED) is 0.499. The molecular weight excluding hydrogens is 412 g/mol. The Bertz CT molecular complexity index is 1210. The molecule has 5 nitrogen and oxygen atoms in total. The molecule has 1 N–H and O–H groups in total. The van der Waals surface area contributed by atoms with Gasteiger partial charge in [-0.15, -0.1) is 6.58 Å². The van der Waals surface area contributed by atoms with Crippen molar-refractivity contribution in [3.8, 4) is 0 Å². The van der Waals surface area contributed by atoms with Gasteiger partial charge >= 0.3 is 0 Å². The lowest BCUT2D eigenvalue weighted by molar-refractivity contribution is -0.122. The maximum atomic E-state index is 13.7. The van der Waals surface area contributed by atoms with Gasteiger partial charge in [-0.3, -0.25) is 14.4 Å². The fraction of sp³-hybridized carbons (Fsp3) is 0.179. The number of amides is 3. The van der Waals surface area contributed by atoms with E-state index < -0.39 is 11.8 Å². The van der Waals surface area contributed by atoms with Gasteiger partial charge in [0.15, 0.2) is 0 Å². The molecule has 0 radical (unpaired) electrons. The van der Waals surface area contributed by atoms with Gasteiger partial charge in [-0.25, -0.2) is 4.90 Å². The van der Waals surface area contributed by atoms with E-state index in [0.29, 0.717) is 17.8 Å². The van der Waals surface area contributed by atoms with Crippen LogP contribution in [0.1, 0.15) is 44.4 Å². The number of anilines is 1. The number of nitrogens with zero attached hydrogens (tertiary/aromatic N) is 1. The van der Waals surface area contributed by atoms with E-state index in [4.69, 9.17) is 0 Å². The summed E-state index contributed by atoms with van der Waals surface area (Å²) in [7, 11) is 0. The molecule has 1 fully saturated rings. The molecule has 162 valence electrons. The average Bonchev–Trinajstić information content (AvgIpc) is 3.13. The summed E-state index contributed by atoms with van der Waals surface area (Å²) in [6.45, 7) is 3.97. The molecule has 1 aliphatic heterocycles. The highest BCUT2D eigenvalue weighted by atomic mass is 16.2. The Morgan fingerprint density at radius 3 is 1.67 bits per heavy atom. The second-order valence-electron chi connectivity index (χ2n) is 8.82. The summed E-state index contributed by atoms with van der Waals surface area (Å²) in [5, 5.41) is 2.73. The minimum Gasteiger partial charge on any atom is -0.349 e. The molecule has 2 atom stereocenters. The van der Waals surface area contributed by atoms with E-state index in [2.05, 4.69) is 36.2 Å². The summed E-state index contributed by atoms with van der Waals surface area (Å²) >= 11 is 0. The van der Waals surface area contributed by atoms with Crippen molar-refractivity contribution in [2.75, 3.05) is 11.4 Å². The van der Waals surface area contributed by atoms with E-state index in [1.54, 1.807) is 30.3 Å². The molecule has 0 aromatic heterocycles. The van der Waals surface area contributed by atoms with Crippen LogP contribution in [0.15, 0.2) is 85.5 Å². The van der Waals surface area contributed by atoms with Gasteiger partial charge in [0.1, 0.15) is 0 Å². The van der Waals surface area contributed by atoms with E-state index in [0.717, 1.165) is 22.3 Å². The Morgan fingerprint density at radius 2 is 1.24 bits per heavy atom. The van der Waals surface area contributed by atoms with Gasteiger partial charge in [0.05, 0.1) is 17.5 Å². The molecule has 0 spiro atoms. The molecule has 2 bridgehead atoms. The average molecular weight is 434 g/mol. The molecule has 3 aliphatic carbocycles. The van der Waals surface area contributed by atoms with Gasteiger partial charge in [-0.2, -0.15) is 0 Å². The molecule has 0 saturated carbocycles. The number of benzene rings is 3. The van der Waals surface area contributed by atoms with Gasteiger partial charge in [0.2, 0.25) is 11.8 Å². The predicted molar refractivity (Wildman–Crippen MR) is 125 cm³/mol. The normalized spacial score (nSPS) is 24.2. The van der Waals surface area contributed by atoms with E-state index in [1.165, 1.54) is 4.90 Å². The van der Waals surface area contributed by atoms with E-state index >= 15 is 0 Å². The Balaban J connectivity index is 1.40. The molecule has 1 saturated heterocycles. The van der Waals surface area contributed by atoms with Crippen molar-refractivity contribution in [3.05, 3.63) is 113 Å². The maximum Gasteiger partial charge on any atom is 0.251 e. The molecule has 4 aliphatic rings. The maximum absolute atomic E-state index is 13.7. The van der Waals surface area contributed by atoms with Crippen LogP contribution in [-0.4, -0.2) is 24.3 Å². The molecule has 1 heterocycles. The molecule has 7 rings (SSSR count). The first-order valence-electron chi connectivity index (χ1n) is 11.2. The zero-order chi connectivity index (χ0) is 22.7. The van der Waals surface area contributed by atoms with Gasteiger partial charge in [0, 0.05) is 23.9 Å². The van der Waals surface area contributed by atoms with Crippen LogP contribution in [0.5, 0.6) is 0 Å². The number of rotatable bonds is 4. The highest BCUT2D eigenvalue weighted by Gasteiger charge is 2.61. The van der Waals surface area contributed by atoms with Crippen LogP contribution in [-0.2, 0) is 9.59 Å². The van der Waals surface area contributed by atoms with Gasteiger partial charge in [-0.05, 0) is 46.5 Å². The number of hydrogen-bond acceptors (Lipinski definition) is 3. The van der Waals surface area contributed by atoms with Crippen molar-refractivity contribution in [3.63, 3.8) is 0 Å². The summed E-state index contributed by atoms with van der Waals surface area (Å²) in [6.07, 6.45) is 1.61. The van der Waals surface area contributed by atoms with Crippen LogP contribution in [0.3, 0.4) is 0 Å². The topological polar surface area (TPSA) is 66.5 Å². The molecule has 0 unspecified atom stereocenters. The fourth-order valence-corrected chi connectivity index (χ4v) is 5.96. The second-order valence-corrected chi connectivity index (χ2v) is 8.82. The number of hydrogen-bond donors (Lipinski definition) is 1. The van der Waals surface area contributed by atoms with Crippen LogP contribution in [0.4, 0.5) is 5.69 Å². The lowest BCUT2D eigenvalue weighted by Gasteiger charge is -2.45. The molecular formula is C28H22N2O3. The summed E-state index contributed by atoms with van der Waals surface area (Å²) in [5.41, 5.74) is 5.59. The van der Waals surface area contributed by atoms with Crippen LogP contribution in [0.2, 0.25) is 0 Å². The molecule has 3 aromatic carbocycles. The zero-order valence-electron chi connectivity index (χ0n) is 17.9. The van der Waals surface area contributed by atoms with Gasteiger partial charge in [-0.1, -0.05) is 54.6 Å². The first kappa shape index (κ1) is 19.7. The molecule has 3 aromatic rings. The highest BCUT2D eigenvalue weighted by Crippen LogP contribution is 2.61. The lowest BCUT2D eigenvalue weighted by Crippen LogP contribution is -2.41. The summed E-state index contributed by atoms with van der Waals surface area (Å²) in [4.78, 5) is 41.0. The van der Waals surface area contributed by atoms with Crippen molar-refractivity contribution >= 4 is 23.4 Å². The van der Waals surface area contributed by atoms with Crippen molar-refractivity contribution < 1.29 is 14.4 Å². The third-order valence-electron chi connectivity index (χ3n) is 7.24. The fourth-order valence-electron chi connectivity index (χ4n) is 5.96. The third-order valence-corrected chi connectivity index (χ3v) is 7.24. The standard InChI is InChI=1S/C28H22N2O3/c1-2-15-29-26(31)16-11-13-17(14-12-16)30-27(32)24-22-18-7-3-4-8-19(18)23(25(24)28(30)33)21-10-6-5-9-20(21)22/h2-14,22-25H,1,15H2,(H,29,31)/t22?,23?,24-,25+. The highest BCUT2D eigenvalue weighted by molar-refractivity contribution is 6.23. The number of imide groups is 1. The Labute approximate surface area is 191 Å².